The number of rotatable bonds is 5. The second-order valence-corrected chi connectivity index (χ2v) is 8.11. The van der Waals surface area contributed by atoms with E-state index in [2.05, 4.69) is 108 Å². The maximum Gasteiger partial charge on any atom is 0.140 e. The van der Waals surface area contributed by atoms with Crippen LogP contribution in [0.1, 0.15) is 28.4 Å². The molecule has 0 bridgehead atoms. The minimum atomic E-state index is 0.371. The van der Waals surface area contributed by atoms with Crippen LogP contribution in [0.5, 0.6) is 0 Å². The lowest BCUT2D eigenvalue weighted by molar-refractivity contribution is 0.239. The van der Waals surface area contributed by atoms with E-state index >= 15 is 0 Å². The minimum Gasteiger partial charge on any atom is -0.330 e. The van der Waals surface area contributed by atoms with Crippen molar-refractivity contribution in [3.05, 3.63) is 114 Å². The molecule has 5 rings (SSSR count). The van der Waals surface area contributed by atoms with Crippen molar-refractivity contribution in [3.8, 4) is 11.4 Å². The molecule has 4 aromatic rings. The topological polar surface area (TPSA) is 21.1 Å². The molecule has 0 unspecified atom stereocenters. The van der Waals surface area contributed by atoms with Crippen LogP contribution < -0.4 is 0 Å². The highest BCUT2D eigenvalue weighted by Gasteiger charge is 2.26. The zero-order valence-electron chi connectivity index (χ0n) is 17.4. The summed E-state index contributed by atoms with van der Waals surface area (Å²) in [6.07, 6.45) is 1.01. The van der Waals surface area contributed by atoms with Gasteiger partial charge in [-0.05, 0) is 11.1 Å². The molecule has 0 saturated heterocycles. The molecule has 0 aliphatic carbocycles. The summed E-state index contributed by atoms with van der Waals surface area (Å²) in [5, 5.41) is 0. The Labute approximate surface area is 178 Å². The lowest BCUT2D eigenvalue weighted by atomic mass is 9.90. The van der Waals surface area contributed by atoms with E-state index in [9.17, 15) is 0 Å². The molecule has 3 aromatic carbocycles. The third kappa shape index (κ3) is 3.69. The Morgan fingerprint density at radius 1 is 0.800 bits per heavy atom. The van der Waals surface area contributed by atoms with E-state index in [-0.39, 0.29) is 0 Å². The third-order valence-electron chi connectivity index (χ3n) is 6.21. The third-order valence-corrected chi connectivity index (χ3v) is 6.21. The molecule has 1 aromatic heterocycles. The van der Waals surface area contributed by atoms with Crippen LogP contribution in [0, 0.1) is 0 Å². The lowest BCUT2D eigenvalue weighted by Crippen LogP contribution is -2.35. The van der Waals surface area contributed by atoms with E-state index in [1.807, 2.05) is 0 Å². The molecule has 30 heavy (non-hydrogen) atoms. The van der Waals surface area contributed by atoms with E-state index in [0.29, 0.717) is 5.92 Å². The molecule has 1 aliphatic heterocycles. The van der Waals surface area contributed by atoms with E-state index in [4.69, 9.17) is 4.98 Å². The van der Waals surface area contributed by atoms with Gasteiger partial charge in [0.25, 0.3) is 0 Å². The molecular formula is C27H27N3. The fourth-order valence-electron chi connectivity index (χ4n) is 4.57. The molecule has 0 spiro atoms. The Balaban J connectivity index is 1.42. The standard InChI is InChI=1S/C27H27N3/c1-29-26-20-30(18-17-25(26)28-27(29)23-15-9-4-10-16-23)19-24(21-11-5-2-6-12-21)22-13-7-3-8-14-22/h2-16,24H,17-20H2,1H3. The summed E-state index contributed by atoms with van der Waals surface area (Å²) < 4.78 is 2.29. The second kappa shape index (κ2) is 8.29. The Morgan fingerprint density at radius 3 is 1.97 bits per heavy atom. The van der Waals surface area contributed by atoms with E-state index < -0.39 is 0 Å². The molecule has 3 heteroatoms. The highest BCUT2D eigenvalue weighted by atomic mass is 15.2. The van der Waals surface area contributed by atoms with Crippen LogP contribution in [0.2, 0.25) is 0 Å². The smallest absolute Gasteiger partial charge is 0.140 e. The molecule has 2 heterocycles. The van der Waals surface area contributed by atoms with Crippen molar-refractivity contribution in [3.63, 3.8) is 0 Å². The first-order chi connectivity index (χ1) is 14.8. The highest BCUT2D eigenvalue weighted by Crippen LogP contribution is 2.30. The average Bonchev–Trinajstić information content (AvgIpc) is 3.15. The van der Waals surface area contributed by atoms with Crippen LogP contribution in [-0.2, 0) is 20.0 Å². The molecule has 0 radical (unpaired) electrons. The molecule has 3 nitrogen and oxygen atoms in total. The number of nitrogens with zero attached hydrogens (tertiary/aromatic N) is 3. The van der Waals surface area contributed by atoms with Gasteiger partial charge in [-0.15, -0.1) is 0 Å². The Morgan fingerprint density at radius 2 is 1.37 bits per heavy atom. The zero-order chi connectivity index (χ0) is 20.3. The Bertz CT molecular complexity index is 1060. The van der Waals surface area contributed by atoms with Crippen LogP contribution in [0.15, 0.2) is 91.0 Å². The summed E-state index contributed by atoms with van der Waals surface area (Å²) in [5.74, 6) is 1.45. The van der Waals surface area contributed by atoms with Crippen LogP contribution >= 0.6 is 0 Å². The summed E-state index contributed by atoms with van der Waals surface area (Å²) in [6.45, 7) is 3.01. The number of fused-ring (bicyclic) bond motifs is 1. The van der Waals surface area contributed by atoms with Crippen LogP contribution in [0.3, 0.4) is 0 Å². The van der Waals surface area contributed by atoms with Gasteiger partial charge in [-0.3, -0.25) is 4.90 Å². The van der Waals surface area contributed by atoms with Gasteiger partial charge in [-0.1, -0.05) is 91.0 Å². The normalized spacial score (nSPS) is 14.1. The summed E-state index contributed by atoms with van der Waals surface area (Å²) in [7, 11) is 2.16. The molecule has 1 aliphatic rings. The van der Waals surface area contributed by atoms with Gasteiger partial charge in [0.05, 0.1) is 11.4 Å². The van der Waals surface area contributed by atoms with Crippen molar-refractivity contribution in [2.24, 2.45) is 7.05 Å². The number of aromatic nitrogens is 2. The van der Waals surface area contributed by atoms with Crippen molar-refractivity contribution in [1.29, 1.82) is 0 Å². The SMILES string of the molecule is Cn1c(-c2ccccc2)nc2c1CN(CC(c1ccccc1)c1ccccc1)CC2. The molecular weight excluding hydrogens is 366 g/mol. The quantitative estimate of drug-likeness (QED) is 0.460. The Kier molecular flexibility index (Phi) is 5.20. The van der Waals surface area contributed by atoms with Gasteiger partial charge in [0.1, 0.15) is 5.82 Å². The minimum absolute atomic E-state index is 0.371. The van der Waals surface area contributed by atoms with Crippen molar-refractivity contribution in [1.82, 2.24) is 14.5 Å². The predicted molar refractivity (Wildman–Crippen MR) is 122 cm³/mol. The van der Waals surface area contributed by atoms with E-state index in [1.54, 1.807) is 0 Å². The van der Waals surface area contributed by atoms with Crippen molar-refractivity contribution < 1.29 is 0 Å². The molecule has 150 valence electrons. The van der Waals surface area contributed by atoms with E-state index in [0.717, 1.165) is 31.9 Å². The average molecular weight is 394 g/mol. The predicted octanol–water partition coefficient (Wildman–Crippen LogP) is 5.28. The van der Waals surface area contributed by atoms with Gasteiger partial charge in [0, 0.05) is 44.6 Å². The summed E-state index contributed by atoms with van der Waals surface area (Å²) in [4.78, 5) is 7.57. The highest BCUT2D eigenvalue weighted by molar-refractivity contribution is 5.57. The van der Waals surface area contributed by atoms with Gasteiger partial charge >= 0.3 is 0 Å². The molecule has 0 fully saturated rings. The van der Waals surface area contributed by atoms with E-state index in [1.165, 1.54) is 28.1 Å². The van der Waals surface area contributed by atoms with Crippen molar-refractivity contribution in [2.45, 2.75) is 18.9 Å². The van der Waals surface area contributed by atoms with Crippen molar-refractivity contribution >= 4 is 0 Å². The van der Waals surface area contributed by atoms with Crippen LogP contribution in [-0.4, -0.2) is 27.5 Å². The molecule has 0 N–H and O–H groups in total. The van der Waals surface area contributed by atoms with Crippen molar-refractivity contribution in [2.75, 3.05) is 13.1 Å². The lowest BCUT2D eigenvalue weighted by Gasteiger charge is -2.31. The molecule has 0 saturated carbocycles. The summed E-state index contributed by atoms with van der Waals surface area (Å²) >= 11 is 0. The first-order valence-electron chi connectivity index (χ1n) is 10.7. The largest absolute Gasteiger partial charge is 0.330 e. The number of hydrogen-bond acceptors (Lipinski definition) is 2. The van der Waals surface area contributed by atoms with Crippen LogP contribution in [0.4, 0.5) is 0 Å². The fraction of sp³-hybridized carbons (Fsp3) is 0.222. The first kappa shape index (κ1) is 18.8. The molecule has 0 amide bonds. The molecule has 0 atom stereocenters. The van der Waals surface area contributed by atoms with Gasteiger partial charge < -0.3 is 4.57 Å². The van der Waals surface area contributed by atoms with Gasteiger partial charge in [-0.25, -0.2) is 4.98 Å². The van der Waals surface area contributed by atoms with Gasteiger partial charge in [-0.2, -0.15) is 0 Å². The number of hydrogen-bond donors (Lipinski definition) is 0. The summed E-state index contributed by atoms with van der Waals surface area (Å²) in [6, 6.07) is 32.3. The monoisotopic (exact) mass is 393 g/mol. The maximum absolute atomic E-state index is 4.99. The Hall–Kier alpha value is -3.17. The second-order valence-electron chi connectivity index (χ2n) is 8.11. The summed E-state index contributed by atoms with van der Waals surface area (Å²) in [5.41, 5.74) is 6.55. The number of benzene rings is 3. The van der Waals surface area contributed by atoms with Gasteiger partial charge in [0.15, 0.2) is 0 Å². The fourth-order valence-corrected chi connectivity index (χ4v) is 4.57. The van der Waals surface area contributed by atoms with Crippen LogP contribution in [0.25, 0.3) is 11.4 Å². The zero-order valence-corrected chi connectivity index (χ0v) is 17.4. The van der Waals surface area contributed by atoms with Gasteiger partial charge in [0.2, 0.25) is 0 Å². The first-order valence-corrected chi connectivity index (χ1v) is 10.7. The maximum atomic E-state index is 4.99. The number of imidazole rings is 1.